The number of rotatable bonds is 2. The Morgan fingerprint density at radius 3 is 2.94 bits per heavy atom. The molecule has 1 aromatic carbocycles. The number of hydrogen-bond acceptors (Lipinski definition) is 3. The Morgan fingerprint density at radius 1 is 1.50 bits per heavy atom. The predicted octanol–water partition coefficient (Wildman–Crippen LogP) is 2.03. The highest BCUT2D eigenvalue weighted by Gasteiger charge is 2.24. The molecule has 1 aliphatic rings. The van der Waals surface area contributed by atoms with Crippen molar-refractivity contribution in [1.29, 1.82) is 0 Å². The molecule has 0 bridgehead atoms. The van der Waals surface area contributed by atoms with Crippen LogP contribution in [0.1, 0.15) is 25.3 Å². The number of phenolic OH excluding ortho intramolecular Hbond substituents is 1. The Kier molecular flexibility index (Phi) is 3.87. The molecule has 4 heteroatoms. The molecule has 0 saturated carbocycles. The van der Waals surface area contributed by atoms with Gasteiger partial charge in [0.2, 0.25) is 5.91 Å². The topological polar surface area (TPSA) is 61.4 Å². The molecule has 0 radical (unpaired) electrons. The highest BCUT2D eigenvalue weighted by Crippen LogP contribution is 2.21. The maximum absolute atomic E-state index is 12.1. The van der Waals surface area contributed by atoms with Crippen molar-refractivity contribution in [3.63, 3.8) is 0 Å². The van der Waals surface area contributed by atoms with Gasteiger partial charge in [-0.25, -0.2) is 0 Å². The molecule has 3 N–H and O–H groups in total. The third-order valence-corrected chi connectivity index (χ3v) is 3.45. The zero-order valence-corrected chi connectivity index (χ0v) is 10.9. The number of phenols is 1. The standard InChI is InChI=1S/C14H20N2O2/c1-9-5-6-15-12(7-9)14(18)16-11-3-4-13(17)10(2)8-11/h3-4,8-9,12,15,17H,5-7H2,1-2H3,(H,16,18). The second-order valence-electron chi connectivity index (χ2n) is 5.13. The van der Waals surface area contributed by atoms with Gasteiger partial charge in [-0.2, -0.15) is 0 Å². The molecule has 18 heavy (non-hydrogen) atoms. The van der Waals surface area contributed by atoms with Crippen LogP contribution >= 0.6 is 0 Å². The maximum atomic E-state index is 12.1. The van der Waals surface area contributed by atoms with Crippen LogP contribution in [0.3, 0.4) is 0 Å². The monoisotopic (exact) mass is 248 g/mol. The fourth-order valence-corrected chi connectivity index (χ4v) is 2.27. The van der Waals surface area contributed by atoms with E-state index in [1.807, 2.05) is 6.92 Å². The highest BCUT2D eigenvalue weighted by molar-refractivity contribution is 5.95. The van der Waals surface area contributed by atoms with E-state index in [0.717, 1.165) is 30.6 Å². The van der Waals surface area contributed by atoms with Crippen molar-refractivity contribution in [1.82, 2.24) is 5.32 Å². The first-order valence-corrected chi connectivity index (χ1v) is 6.40. The Bertz CT molecular complexity index is 445. The van der Waals surface area contributed by atoms with Crippen molar-refractivity contribution in [2.75, 3.05) is 11.9 Å². The molecule has 1 fully saturated rings. The van der Waals surface area contributed by atoms with E-state index in [9.17, 15) is 9.90 Å². The van der Waals surface area contributed by atoms with Gasteiger partial charge in [0.15, 0.2) is 0 Å². The first kappa shape index (κ1) is 12.9. The van der Waals surface area contributed by atoms with Crippen molar-refractivity contribution in [3.05, 3.63) is 23.8 Å². The van der Waals surface area contributed by atoms with Gasteiger partial charge in [0.05, 0.1) is 6.04 Å². The zero-order valence-electron chi connectivity index (χ0n) is 10.9. The number of anilines is 1. The fourth-order valence-electron chi connectivity index (χ4n) is 2.27. The molecule has 0 spiro atoms. The molecular formula is C14H20N2O2. The number of hydrogen-bond donors (Lipinski definition) is 3. The summed E-state index contributed by atoms with van der Waals surface area (Å²) in [5.41, 5.74) is 1.49. The molecule has 0 aromatic heterocycles. The second-order valence-corrected chi connectivity index (χ2v) is 5.13. The Morgan fingerprint density at radius 2 is 2.28 bits per heavy atom. The zero-order chi connectivity index (χ0) is 13.1. The minimum atomic E-state index is -0.108. The number of carbonyl (C=O) groups is 1. The van der Waals surface area contributed by atoms with E-state index in [2.05, 4.69) is 17.6 Å². The van der Waals surface area contributed by atoms with E-state index in [0.29, 0.717) is 5.92 Å². The lowest BCUT2D eigenvalue weighted by atomic mass is 9.94. The first-order valence-electron chi connectivity index (χ1n) is 6.40. The number of amides is 1. The second kappa shape index (κ2) is 5.40. The third kappa shape index (κ3) is 3.01. The van der Waals surface area contributed by atoms with E-state index in [-0.39, 0.29) is 17.7 Å². The number of benzene rings is 1. The normalized spacial score (nSPS) is 23.7. The molecule has 1 aliphatic heterocycles. The number of aryl methyl sites for hydroxylation is 1. The molecule has 2 unspecified atom stereocenters. The summed E-state index contributed by atoms with van der Waals surface area (Å²) in [6.45, 7) is 4.88. The van der Waals surface area contributed by atoms with Crippen molar-refractivity contribution >= 4 is 11.6 Å². The molecule has 1 heterocycles. The molecule has 1 aromatic rings. The molecule has 98 valence electrons. The van der Waals surface area contributed by atoms with Gasteiger partial charge in [0.25, 0.3) is 0 Å². The van der Waals surface area contributed by atoms with E-state index in [1.165, 1.54) is 0 Å². The Hall–Kier alpha value is -1.55. The van der Waals surface area contributed by atoms with Crippen LogP contribution in [0.4, 0.5) is 5.69 Å². The molecule has 4 nitrogen and oxygen atoms in total. The number of aromatic hydroxyl groups is 1. The van der Waals surface area contributed by atoms with Crippen LogP contribution in [-0.4, -0.2) is 23.6 Å². The molecule has 1 amide bonds. The lowest BCUT2D eigenvalue weighted by Gasteiger charge is -2.27. The smallest absolute Gasteiger partial charge is 0.241 e. The molecular weight excluding hydrogens is 228 g/mol. The highest BCUT2D eigenvalue weighted by atomic mass is 16.3. The van der Waals surface area contributed by atoms with Gasteiger partial charge in [-0.1, -0.05) is 6.92 Å². The van der Waals surface area contributed by atoms with Crippen LogP contribution in [-0.2, 0) is 4.79 Å². The van der Waals surface area contributed by atoms with Crippen LogP contribution in [0.2, 0.25) is 0 Å². The summed E-state index contributed by atoms with van der Waals surface area (Å²) in [5, 5.41) is 15.6. The number of nitrogens with one attached hydrogen (secondary N) is 2. The van der Waals surface area contributed by atoms with Crippen LogP contribution in [0.15, 0.2) is 18.2 Å². The average Bonchev–Trinajstić information content (AvgIpc) is 2.34. The number of piperidine rings is 1. The first-order chi connectivity index (χ1) is 8.56. The average molecular weight is 248 g/mol. The van der Waals surface area contributed by atoms with Gasteiger partial charge >= 0.3 is 0 Å². The predicted molar refractivity (Wildman–Crippen MR) is 71.7 cm³/mol. The van der Waals surface area contributed by atoms with Crippen LogP contribution < -0.4 is 10.6 Å². The Balaban J connectivity index is 2.00. The largest absolute Gasteiger partial charge is 0.508 e. The summed E-state index contributed by atoms with van der Waals surface area (Å²) in [6.07, 6.45) is 2.00. The maximum Gasteiger partial charge on any atom is 0.241 e. The Labute approximate surface area is 107 Å². The van der Waals surface area contributed by atoms with Crippen LogP contribution in [0.5, 0.6) is 5.75 Å². The lowest BCUT2D eigenvalue weighted by molar-refractivity contribution is -0.119. The SMILES string of the molecule is Cc1cc(NC(=O)C2CC(C)CCN2)ccc1O. The van der Waals surface area contributed by atoms with Crippen molar-refractivity contribution < 1.29 is 9.90 Å². The molecule has 2 atom stereocenters. The molecule has 0 aliphatic carbocycles. The summed E-state index contributed by atoms with van der Waals surface area (Å²) in [7, 11) is 0. The van der Waals surface area contributed by atoms with Crippen LogP contribution in [0.25, 0.3) is 0 Å². The van der Waals surface area contributed by atoms with E-state index >= 15 is 0 Å². The van der Waals surface area contributed by atoms with Gasteiger partial charge < -0.3 is 15.7 Å². The van der Waals surface area contributed by atoms with Gasteiger partial charge in [-0.15, -0.1) is 0 Å². The molecule has 1 saturated heterocycles. The third-order valence-electron chi connectivity index (χ3n) is 3.45. The van der Waals surface area contributed by atoms with E-state index in [1.54, 1.807) is 18.2 Å². The minimum absolute atomic E-state index is 0.00615. The van der Waals surface area contributed by atoms with Gasteiger partial charge in [-0.05, 0) is 56.0 Å². The quantitative estimate of drug-likeness (QED) is 0.702. The van der Waals surface area contributed by atoms with Crippen LogP contribution in [0, 0.1) is 12.8 Å². The van der Waals surface area contributed by atoms with Crippen molar-refractivity contribution in [3.8, 4) is 5.75 Å². The summed E-state index contributed by atoms with van der Waals surface area (Å²) in [4.78, 5) is 12.1. The summed E-state index contributed by atoms with van der Waals surface area (Å²) < 4.78 is 0. The lowest BCUT2D eigenvalue weighted by Crippen LogP contribution is -2.45. The number of carbonyl (C=O) groups excluding carboxylic acids is 1. The minimum Gasteiger partial charge on any atom is -0.508 e. The van der Waals surface area contributed by atoms with Crippen molar-refractivity contribution in [2.45, 2.75) is 32.7 Å². The summed E-state index contributed by atoms with van der Waals surface area (Å²) >= 11 is 0. The van der Waals surface area contributed by atoms with Gasteiger partial charge in [0.1, 0.15) is 5.75 Å². The summed E-state index contributed by atoms with van der Waals surface area (Å²) in [5.74, 6) is 0.840. The van der Waals surface area contributed by atoms with Gasteiger partial charge in [0, 0.05) is 5.69 Å². The van der Waals surface area contributed by atoms with E-state index in [4.69, 9.17) is 0 Å². The molecule has 2 rings (SSSR count). The van der Waals surface area contributed by atoms with Gasteiger partial charge in [-0.3, -0.25) is 4.79 Å². The summed E-state index contributed by atoms with van der Waals surface area (Å²) in [6, 6.07) is 4.98. The fraction of sp³-hybridized carbons (Fsp3) is 0.500. The van der Waals surface area contributed by atoms with Crippen molar-refractivity contribution in [2.24, 2.45) is 5.92 Å². The van der Waals surface area contributed by atoms with E-state index < -0.39 is 0 Å².